The van der Waals surface area contributed by atoms with E-state index in [0.717, 1.165) is 60.5 Å². The zero-order chi connectivity index (χ0) is 22.9. The number of methoxy groups -OCH3 is 1. The Morgan fingerprint density at radius 2 is 1.94 bits per heavy atom. The molecule has 1 aliphatic heterocycles. The maximum absolute atomic E-state index is 11.6. The summed E-state index contributed by atoms with van der Waals surface area (Å²) < 4.78 is 4.82. The SMILES string of the molecule is COC(=O)CC(C)N1CCN(Cc2cccc3[nH]c(-c4n[nH]c5cc(Cl)ccc45)cc23)CC1. The van der Waals surface area contributed by atoms with Crippen LogP contribution in [0.15, 0.2) is 42.5 Å². The molecule has 1 fully saturated rings. The van der Waals surface area contributed by atoms with Crippen LogP contribution >= 0.6 is 11.6 Å². The summed E-state index contributed by atoms with van der Waals surface area (Å²) in [6.07, 6.45) is 0.440. The van der Waals surface area contributed by atoms with Crippen molar-refractivity contribution in [3.63, 3.8) is 0 Å². The van der Waals surface area contributed by atoms with Gasteiger partial charge in [-0.2, -0.15) is 5.10 Å². The van der Waals surface area contributed by atoms with Crippen LogP contribution in [-0.2, 0) is 16.1 Å². The van der Waals surface area contributed by atoms with Crippen LogP contribution in [0.1, 0.15) is 18.9 Å². The molecule has 0 bridgehead atoms. The Bertz CT molecular complexity index is 1290. The lowest BCUT2D eigenvalue weighted by Gasteiger charge is -2.37. The van der Waals surface area contributed by atoms with E-state index >= 15 is 0 Å². The van der Waals surface area contributed by atoms with Crippen LogP contribution < -0.4 is 0 Å². The zero-order valence-electron chi connectivity index (χ0n) is 18.9. The molecule has 7 nitrogen and oxygen atoms in total. The number of nitrogens with zero attached hydrogens (tertiary/aromatic N) is 3. The van der Waals surface area contributed by atoms with Crippen LogP contribution in [0.2, 0.25) is 5.02 Å². The number of halogens is 1. The van der Waals surface area contributed by atoms with Gasteiger partial charge in [-0.25, -0.2) is 0 Å². The number of nitrogens with one attached hydrogen (secondary N) is 2. The van der Waals surface area contributed by atoms with Gasteiger partial charge < -0.3 is 9.72 Å². The summed E-state index contributed by atoms with van der Waals surface area (Å²) in [4.78, 5) is 20.0. The van der Waals surface area contributed by atoms with E-state index in [1.165, 1.54) is 18.1 Å². The average Bonchev–Trinajstić information content (AvgIpc) is 3.43. The number of hydrogen-bond donors (Lipinski definition) is 2. The number of carbonyl (C=O) groups excluding carboxylic acids is 1. The van der Waals surface area contributed by atoms with E-state index in [0.29, 0.717) is 11.4 Å². The predicted molar refractivity (Wildman–Crippen MR) is 131 cm³/mol. The fourth-order valence-corrected chi connectivity index (χ4v) is 4.91. The molecule has 3 heterocycles. The standard InChI is InChI=1S/C25H28ClN5O2/c1-16(12-24(32)33-2)31-10-8-30(9-11-31)15-17-4-3-5-21-20(17)14-23(27-21)25-19-7-6-18(26)13-22(19)28-29-25/h3-7,13-14,16,27H,8-12,15H2,1-2H3,(H,28,29). The number of rotatable bonds is 6. The van der Waals surface area contributed by atoms with Crippen molar-refractivity contribution in [3.05, 3.63) is 53.1 Å². The summed E-state index contributed by atoms with van der Waals surface area (Å²) in [5.41, 5.74) is 5.23. The molecule has 1 atom stereocenters. The molecule has 172 valence electrons. The highest BCUT2D eigenvalue weighted by Gasteiger charge is 2.23. The minimum atomic E-state index is -0.146. The summed E-state index contributed by atoms with van der Waals surface area (Å²) in [5, 5.41) is 10.6. The van der Waals surface area contributed by atoms with Crippen molar-refractivity contribution in [1.29, 1.82) is 0 Å². The molecule has 8 heteroatoms. The number of fused-ring (bicyclic) bond motifs is 2. The van der Waals surface area contributed by atoms with Crippen LogP contribution in [0, 0.1) is 0 Å². The Hall–Kier alpha value is -2.87. The lowest BCUT2D eigenvalue weighted by Crippen LogP contribution is -2.49. The fraction of sp³-hybridized carbons (Fsp3) is 0.360. The Labute approximate surface area is 197 Å². The molecule has 1 unspecified atom stereocenters. The number of H-pyrrole nitrogens is 2. The first-order valence-corrected chi connectivity index (χ1v) is 11.7. The maximum Gasteiger partial charge on any atom is 0.307 e. The molecule has 0 aliphatic carbocycles. The minimum absolute atomic E-state index is 0.146. The second-order valence-electron chi connectivity index (χ2n) is 8.76. The second-order valence-corrected chi connectivity index (χ2v) is 9.20. The number of piperazine rings is 1. The van der Waals surface area contributed by atoms with Gasteiger partial charge in [0.1, 0.15) is 5.69 Å². The highest BCUT2D eigenvalue weighted by molar-refractivity contribution is 6.31. The normalized spacial score (nSPS) is 16.5. The van der Waals surface area contributed by atoms with E-state index in [1.807, 2.05) is 18.2 Å². The van der Waals surface area contributed by atoms with Gasteiger partial charge in [-0.1, -0.05) is 23.7 Å². The third-order valence-corrected chi connectivity index (χ3v) is 6.88. The van der Waals surface area contributed by atoms with E-state index in [1.54, 1.807) is 0 Å². The second kappa shape index (κ2) is 9.17. The van der Waals surface area contributed by atoms with E-state index in [4.69, 9.17) is 16.3 Å². The van der Waals surface area contributed by atoms with Gasteiger partial charge in [0.15, 0.2) is 0 Å². The summed E-state index contributed by atoms with van der Waals surface area (Å²) in [6.45, 7) is 6.85. The van der Waals surface area contributed by atoms with Gasteiger partial charge in [-0.15, -0.1) is 0 Å². The van der Waals surface area contributed by atoms with Crippen molar-refractivity contribution in [3.8, 4) is 11.4 Å². The predicted octanol–water partition coefficient (Wildman–Crippen LogP) is 4.43. The molecule has 1 saturated heterocycles. The molecule has 5 rings (SSSR count). The van der Waals surface area contributed by atoms with Gasteiger partial charge in [0.25, 0.3) is 0 Å². The van der Waals surface area contributed by atoms with Crippen molar-refractivity contribution in [2.45, 2.75) is 25.9 Å². The van der Waals surface area contributed by atoms with Crippen LogP contribution in [0.4, 0.5) is 0 Å². The lowest BCUT2D eigenvalue weighted by molar-refractivity contribution is -0.142. The molecular formula is C25H28ClN5O2. The van der Waals surface area contributed by atoms with Crippen molar-refractivity contribution < 1.29 is 9.53 Å². The van der Waals surface area contributed by atoms with E-state index < -0.39 is 0 Å². The topological polar surface area (TPSA) is 77.2 Å². The van der Waals surface area contributed by atoms with E-state index in [9.17, 15) is 4.79 Å². The van der Waals surface area contributed by atoms with Crippen molar-refractivity contribution in [2.75, 3.05) is 33.3 Å². The van der Waals surface area contributed by atoms with Crippen LogP contribution in [0.5, 0.6) is 0 Å². The first-order chi connectivity index (χ1) is 16.0. The van der Waals surface area contributed by atoms with Gasteiger partial charge in [0.2, 0.25) is 0 Å². The molecule has 0 spiro atoms. The van der Waals surface area contributed by atoms with Gasteiger partial charge in [-0.3, -0.25) is 19.7 Å². The summed E-state index contributed by atoms with van der Waals surface area (Å²) in [6, 6.07) is 14.6. The van der Waals surface area contributed by atoms with Crippen molar-refractivity contribution in [1.82, 2.24) is 25.0 Å². The smallest absolute Gasteiger partial charge is 0.307 e. The Kier molecular flexibility index (Phi) is 6.10. The quantitative estimate of drug-likeness (QED) is 0.412. The molecule has 2 aromatic carbocycles. The molecule has 0 saturated carbocycles. The number of ether oxygens (including phenoxy) is 1. The van der Waals surface area contributed by atoms with Gasteiger partial charge in [0, 0.05) is 60.1 Å². The molecular weight excluding hydrogens is 438 g/mol. The number of aromatic amines is 2. The molecule has 2 N–H and O–H groups in total. The largest absolute Gasteiger partial charge is 0.469 e. The van der Waals surface area contributed by atoms with Gasteiger partial charge >= 0.3 is 5.97 Å². The summed E-state index contributed by atoms with van der Waals surface area (Å²) in [7, 11) is 1.45. The van der Waals surface area contributed by atoms with Crippen LogP contribution in [0.25, 0.3) is 33.2 Å². The highest BCUT2D eigenvalue weighted by Crippen LogP contribution is 2.31. The first-order valence-electron chi connectivity index (χ1n) is 11.3. The van der Waals surface area contributed by atoms with Crippen LogP contribution in [-0.4, -0.2) is 70.3 Å². The number of hydrogen-bond acceptors (Lipinski definition) is 5. The monoisotopic (exact) mass is 465 g/mol. The maximum atomic E-state index is 11.6. The Morgan fingerprint density at radius 3 is 2.73 bits per heavy atom. The molecule has 33 heavy (non-hydrogen) atoms. The number of carbonyl (C=O) groups is 1. The molecule has 2 aromatic heterocycles. The van der Waals surface area contributed by atoms with Crippen molar-refractivity contribution >= 4 is 39.4 Å². The number of aromatic nitrogens is 3. The number of benzene rings is 2. The van der Waals surface area contributed by atoms with Gasteiger partial charge in [-0.05, 0) is 42.8 Å². The fourth-order valence-electron chi connectivity index (χ4n) is 4.74. The third-order valence-electron chi connectivity index (χ3n) is 6.65. The molecule has 0 radical (unpaired) electrons. The number of esters is 1. The Balaban J connectivity index is 1.32. The Morgan fingerprint density at radius 1 is 1.12 bits per heavy atom. The highest BCUT2D eigenvalue weighted by atomic mass is 35.5. The zero-order valence-corrected chi connectivity index (χ0v) is 19.7. The van der Waals surface area contributed by atoms with Crippen LogP contribution in [0.3, 0.4) is 0 Å². The lowest BCUT2D eigenvalue weighted by atomic mass is 10.1. The van der Waals surface area contributed by atoms with Crippen molar-refractivity contribution in [2.24, 2.45) is 0 Å². The molecule has 0 amide bonds. The average molecular weight is 466 g/mol. The summed E-state index contributed by atoms with van der Waals surface area (Å²) >= 11 is 6.12. The third kappa shape index (κ3) is 4.49. The first kappa shape index (κ1) is 21.9. The molecule has 1 aliphatic rings. The minimum Gasteiger partial charge on any atom is -0.469 e. The van der Waals surface area contributed by atoms with Gasteiger partial charge in [0.05, 0.1) is 24.7 Å². The van der Waals surface area contributed by atoms with E-state index in [-0.39, 0.29) is 12.0 Å². The molecule has 4 aromatic rings. The van der Waals surface area contributed by atoms with E-state index in [2.05, 4.69) is 56.2 Å². The summed E-state index contributed by atoms with van der Waals surface area (Å²) in [5.74, 6) is -0.146.